The SMILES string of the molecule is O=C(Nc1ccc(C(=O)NCCc2ccccc2F)s1)c1ccco1. The molecule has 1 aromatic carbocycles. The second-order valence-corrected chi connectivity index (χ2v) is 6.28. The molecule has 0 unspecified atom stereocenters. The smallest absolute Gasteiger partial charge is 0.291 e. The highest BCUT2D eigenvalue weighted by atomic mass is 32.1. The monoisotopic (exact) mass is 358 g/mol. The number of carbonyl (C=O) groups excluding carboxylic acids is 2. The van der Waals surface area contributed by atoms with Gasteiger partial charge in [-0.1, -0.05) is 18.2 Å². The molecule has 25 heavy (non-hydrogen) atoms. The molecule has 0 saturated heterocycles. The fourth-order valence-corrected chi connectivity index (χ4v) is 3.02. The number of amides is 2. The second kappa shape index (κ2) is 7.76. The summed E-state index contributed by atoms with van der Waals surface area (Å²) >= 11 is 1.16. The van der Waals surface area contributed by atoms with E-state index in [1.54, 1.807) is 42.5 Å². The Labute approximate surface area is 147 Å². The molecule has 5 nitrogen and oxygen atoms in total. The molecule has 2 heterocycles. The number of carbonyl (C=O) groups is 2. The van der Waals surface area contributed by atoms with Crippen molar-refractivity contribution in [1.82, 2.24) is 5.32 Å². The van der Waals surface area contributed by atoms with E-state index < -0.39 is 0 Å². The summed E-state index contributed by atoms with van der Waals surface area (Å²) in [7, 11) is 0. The predicted molar refractivity (Wildman–Crippen MR) is 93.4 cm³/mol. The Morgan fingerprint density at radius 3 is 2.64 bits per heavy atom. The van der Waals surface area contributed by atoms with Gasteiger partial charge >= 0.3 is 0 Å². The minimum Gasteiger partial charge on any atom is -0.459 e. The van der Waals surface area contributed by atoms with Gasteiger partial charge in [-0.3, -0.25) is 9.59 Å². The zero-order valence-electron chi connectivity index (χ0n) is 13.1. The molecule has 2 amide bonds. The predicted octanol–water partition coefficient (Wildman–Crippen LogP) is 3.71. The lowest BCUT2D eigenvalue weighted by Crippen LogP contribution is -2.25. The molecule has 0 spiro atoms. The van der Waals surface area contributed by atoms with Crippen LogP contribution >= 0.6 is 11.3 Å². The minimum absolute atomic E-state index is 0.198. The van der Waals surface area contributed by atoms with Gasteiger partial charge in [0.1, 0.15) is 5.82 Å². The molecule has 3 rings (SSSR count). The van der Waals surface area contributed by atoms with Gasteiger partial charge in [-0.15, -0.1) is 11.3 Å². The Kier molecular flexibility index (Phi) is 5.25. The molecule has 7 heteroatoms. The molecule has 0 atom stereocenters. The molecule has 0 saturated carbocycles. The summed E-state index contributed by atoms with van der Waals surface area (Å²) in [6.07, 6.45) is 1.82. The zero-order valence-corrected chi connectivity index (χ0v) is 13.9. The lowest BCUT2D eigenvalue weighted by atomic mass is 10.1. The van der Waals surface area contributed by atoms with Crippen LogP contribution in [0.4, 0.5) is 9.39 Å². The maximum atomic E-state index is 13.5. The molecular weight excluding hydrogens is 343 g/mol. The van der Waals surface area contributed by atoms with Gasteiger partial charge < -0.3 is 15.1 Å². The second-order valence-electron chi connectivity index (χ2n) is 5.19. The topological polar surface area (TPSA) is 71.3 Å². The Hall–Kier alpha value is -2.93. The molecule has 0 aliphatic carbocycles. The first-order valence-electron chi connectivity index (χ1n) is 7.60. The van der Waals surface area contributed by atoms with Crippen molar-refractivity contribution in [2.45, 2.75) is 6.42 Å². The summed E-state index contributed by atoms with van der Waals surface area (Å²) in [5, 5.41) is 5.95. The van der Waals surface area contributed by atoms with Gasteiger partial charge in [0.05, 0.1) is 16.1 Å². The molecule has 0 radical (unpaired) electrons. The van der Waals surface area contributed by atoms with E-state index in [-0.39, 0.29) is 23.4 Å². The van der Waals surface area contributed by atoms with Crippen LogP contribution < -0.4 is 10.6 Å². The van der Waals surface area contributed by atoms with Crippen molar-refractivity contribution >= 4 is 28.2 Å². The van der Waals surface area contributed by atoms with Crippen molar-refractivity contribution in [3.63, 3.8) is 0 Å². The summed E-state index contributed by atoms with van der Waals surface area (Å²) < 4.78 is 18.5. The third-order valence-corrected chi connectivity index (χ3v) is 4.45. The van der Waals surface area contributed by atoms with E-state index in [9.17, 15) is 14.0 Å². The Bertz CT molecular complexity index is 874. The third kappa shape index (κ3) is 4.33. The lowest BCUT2D eigenvalue weighted by molar-refractivity contribution is 0.0956. The van der Waals surface area contributed by atoms with Gasteiger partial charge in [-0.25, -0.2) is 4.39 Å². The molecule has 128 valence electrons. The van der Waals surface area contributed by atoms with Crippen molar-refractivity contribution in [2.75, 3.05) is 11.9 Å². The summed E-state index contributed by atoms with van der Waals surface area (Å²) in [5.74, 6) is -0.724. The van der Waals surface area contributed by atoms with Crippen LogP contribution in [0.5, 0.6) is 0 Å². The van der Waals surface area contributed by atoms with Crippen LogP contribution in [0.2, 0.25) is 0 Å². The normalized spacial score (nSPS) is 10.4. The van der Waals surface area contributed by atoms with Crippen LogP contribution in [0.25, 0.3) is 0 Å². The number of nitrogens with one attached hydrogen (secondary N) is 2. The molecular formula is C18H15FN2O3S. The van der Waals surface area contributed by atoms with E-state index in [4.69, 9.17) is 4.42 Å². The van der Waals surface area contributed by atoms with Crippen molar-refractivity contribution in [3.8, 4) is 0 Å². The molecule has 0 bridgehead atoms. The number of thiophene rings is 1. The largest absolute Gasteiger partial charge is 0.459 e. The van der Waals surface area contributed by atoms with Gasteiger partial charge in [0.25, 0.3) is 11.8 Å². The number of hydrogen-bond acceptors (Lipinski definition) is 4. The fraction of sp³-hybridized carbons (Fsp3) is 0.111. The number of furan rings is 1. The summed E-state index contributed by atoms with van der Waals surface area (Å²) in [6.45, 7) is 0.325. The molecule has 2 N–H and O–H groups in total. The van der Waals surface area contributed by atoms with E-state index in [1.807, 2.05) is 0 Å². The quantitative estimate of drug-likeness (QED) is 0.706. The van der Waals surface area contributed by atoms with Gasteiger partial charge in [-0.2, -0.15) is 0 Å². The highest BCUT2D eigenvalue weighted by Crippen LogP contribution is 2.22. The van der Waals surface area contributed by atoms with Crippen molar-refractivity contribution in [2.24, 2.45) is 0 Å². The van der Waals surface area contributed by atoms with E-state index in [0.717, 1.165) is 11.3 Å². The van der Waals surface area contributed by atoms with Crippen LogP contribution in [0.3, 0.4) is 0 Å². The molecule has 2 aromatic heterocycles. The third-order valence-electron chi connectivity index (χ3n) is 3.45. The minimum atomic E-state index is -0.377. The number of halogens is 1. The Balaban J connectivity index is 1.52. The first kappa shape index (κ1) is 16.9. The van der Waals surface area contributed by atoms with Gasteiger partial charge in [0, 0.05) is 6.54 Å². The van der Waals surface area contributed by atoms with Crippen molar-refractivity contribution in [1.29, 1.82) is 0 Å². The number of benzene rings is 1. The Morgan fingerprint density at radius 1 is 1.04 bits per heavy atom. The van der Waals surface area contributed by atoms with Gasteiger partial charge in [0.15, 0.2) is 5.76 Å². The highest BCUT2D eigenvalue weighted by Gasteiger charge is 2.13. The van der Waals surface area contributed by atoms with Crippen LogP contribution in [0.1, 0.15) is 25.8 Å². The Morgan fingerprint density at radius 2 is 1.88 bits per heavy atom. The van der Waals surface area contributed by atoms with Crippen molar-refractivity contribution in [3.05, 3.63) is 76.8 Å². The fourth-order valence-electron chi connectivity index (χ4n) is 2.21. The van der Waals surface area contributed by atoms with E-state index >= 15 is 0 Å². The van der Waals surface area contributed by atoms with Crippen LogP contribution in [0, 0.1) is 5.82 Å². The number of hydrogen-bond donors (Lipinski definition) is 2. The van der Waals surface area contributed by atoms with Crippen LogP contribution in [-0.2, 0) is 6.42 Å². The van der Waals surface area contributed by atoms with Crippen LogP contribution in [0.15, 0.2) is 59.2 Å². The highest BCUT2D eigenvalue weighted by molar-refractivity contribution is 7.18. The standard InChI is InChI=1S/C18H15FN2O3S/c19-13-5-2-1-4-12(13)9-10-20-18(23)15-7-8-16(25-15)21-17(22)14-6-3-11-24-14/h1-8,11H,9-10H2,(H,20,23)(H,21,22). The summed E-state index contributed by atoms with van der Waals surface area (Å²) in [5.41, 5.74) is 0.556. The molecule has 0 aliphatic rings. The lowest BCUT2D eigenvalue weighted by Gasteiger charge is -2.05. The number of rotatable bonds is 6. The van der Waals surface area contributed by atoms with Crippen molar-refractivity contribution < 1.29 is 18.4 Å². The average Bonchev–Trinajstić information content (AvgIpc) is 3.28. The van der Waals surface area contributed by atoms with Gasteiger partial charge in [0.2, 0.25) is 0 Å². The van der Waals surface area contributed by atoms with E-state index in [1.165, 1.54) is 12.3 Å². The van der Waals surface area contributed by atoms with Gasteiger partial charge in [-0.05, 0) is 42.3 Å². The zero-order chi connectivity index (χ0) is 17.6. The average molecular weight is 358 g/mol. The van der Waals surface area contributed by atoms with Crippen LogP contribution in [-0.4, -0.2) is 18.4 Å². The first-order chi connectivity index (χ1) is 12.1. The number of anilines is 1. The summed E-state index contributed by atoms with van der Waals surface area (Å²) in [4.78, 5) is 24.5. The molecule has 0 fully saturated rings. The van der Waals surface area contributed by atoms with E-state index in [0.29, 0.717) is 28.4 Å². The molecule has 0 aliphatic heterocycles. The maximum absolute atomic E-state index is 13.5. The maximum Gasteiger partial charge on any atom is 0.291 e. The summed E-state index contributed by atoms with van der Waals surface area (Å²) in [6, 6.07) is 12.9. The first-order valence-corrected chi connectivity index (χ1v) is 8.41. The molecule has 3 aromatic rings. The van der Waals surface area contributed by atoms with E-state index in [2.05, 4.69) is 10.6 Å².